The maximum absolute atomic E-state index is 12.1. The van der Waals surface area contributed by atoms with Gasteiger partial charge in [0.25, 0.3) is 5.91 Å². The normalized spacial score (nSPS) is 12.2. The van der Waals surface area contributed by atoms with Crippen LogP contribution < -0.4 is 5.32 Å². The van der Waals surface area contributed by atoms with Gasteiger partial charge in [-0.15, -0.1) is 10.2 Å². The van der Waals surface area contributed by atoms with Crippen molar-refractivity contribution in [3.05, 3.63) is 41.7 Å². The molecule has 2 aromatic rings. The first-order chi connectivity index (χ1) is 9.65. The first kappa shape index (κ1) is 14.1. The molecule has 0 saturated carbocycles. The standard InChI is InChI=1S/C13H17N5O2/c1-3-18-8-15-17-12(18)9(2)16-13(20)11-6-10(7-19)4-5-14-11/h4-6,8-9,19H,3,7H2,1-2H3,(H,16,20)/t9-/m0/s1. The van der Waals surface area contributed by atoms with Crippen LogP contribution in [0.25, 0.3) is 0 Å². The fourth-order valence-corrected chi connectivity index (χ4v) is 1.87. The van der Waals surface area contributed by atoms with Crippen LogP contribution >= 0.6 is 0 Å². The number of aliphatic hydroxyl groups is 1. The van der Waals surface area contributed by atoms with E-state index in [0.29, 0.717) is 11.4 Å². The second kappa shape index (κ2) is 6.25. The fraction of sp³-hybridized carbons (Fsp3) is 0.385. The van der Waals surface area contributed by atoms with Gasteiger partial charge in [0.05, 0.1) is 12.6 Å². The van der Waals surface area contributed by atoms with Crippen molar-refractivity contribution >= 4 is 5.91 Å². The van der Waals surface area contributed by atoms with E-state index in [1.54, 1.807) is 18.5 Å². The van der Waals surface area contributed by atoms with E-state index in [2.05, 4.69) is 20.5 Å². The zero-order chi connectivity index (χ0) is 14.5. The molecule has 0 aliphatic heterocycles. The Hall–Kier alpha value is -2.28. The molecule has 1 amide bonds. The number of hydrogen-bond acceptors (Lipinski definition) is 5. The molecule has 106 valence electrons. The van der Waals surface area contributed by atoms with Gasteiger partial charge in [0, 0.05) is 12.7 Å². The molecule has 0 saturated heterocycles. The lowest BCUT2D eigenvalue weighted by Gasteiger charge is -2.13. The monoisotopic (exact) mass is 275 g/mol. The van der Waals surface area contributed by atoms with Crippen LogP contribution in [0.1, 0.15) is 41.8 Å². The minimum atomic E-state index is -0.307. The van der Waals surface area contributed by atoms with Crippen LogP contribution in [0.5, 0.6) is 0 Å². The number of amides is 1. The predicted molar refractivity (Wildman–Crippen MR) is 71.7 cm³/mol. The maximum Gasteiger partial charge on any atom is 0.270 e. The Morgan fingerprint density at radius 3 is 3.05 bits per heavy atom. The van der Waals surface area contributed by atoms with Gasteiger partial charge in [-0.05, 0) is 31.5 Å². The summed E-state index contributed by atoms with van der Waals surface area (Å²) in [6.45, 7) is 4.43. The smallest absolute Gasteiger partial charge is 0.270 e. The van der Waals surface area contributed by atoms with Crippen molar-refractivity contribution < 1.29 is 9.90 Å². The average molecular weight is 275 g/mol. The molecule has 2 aromatic heterocycles. The summed E-state index contributed by atoms with van der Waals surface area (Å²) in [5, 5.41) is 19.7. The van der Waals surface area contributed by atoms with Gasteiger partial charge in [-0.2, -0.15) is 0 Å². The molecule has 7 nitrogen and oxygen atoms in total. The highest BCUT2D eigenvalue weighted by Gasteiger charge is 2.17. The number of pyridine rings is 1. The molecule has 0 fully saturated rings. The lowest BCUT2D eigenvalue weighted by atomic mass is 10.2. The third-order valence-electron chi connectivity index (χ3n) is 2.96. The van der Waals surface area contributed by atoms with Crippen LogP contribution in [0.3, 0.4) is 0 Å². The number of aliphatic hydroxyl groups excluding tert-OH is 1. The van der Waals surface area contributed by atoms with Crippen LogP contribution in [-0.2, 0) is 13.2 Å². The Bertz CT molecular complexity index is 596. The summed E-state index contributed by atoms with van der Waals surface area (Å²) in [5.41, 5.74) is 0.917. The van der Waals surface area contributed by atoms with E-state index < -0.39 is 0 Å². The van der Waals surface area contributed by atoms with E-state index in [0.717, 1.165) is 6.54 Å². The average Bonchev–Trinajstić information content (AvgIpc) is 2.95. The largest absolute Gasteiger partial charge is 0.392 e. The molecule has 0 radical (unpaired) electrons. The SMILES string of the molecule is CCn1cnnc1[C@H](C)NC(=O)c1cc(CO)ccn1. The number of hydrogen-bond donors (Lipinski definition) is 2. The molecule has 2 heterocycles. The molecule has 0 aromatic carbocycles. The number of carbonyl (C=O) groups excluding carboxylic acids is 1. The molecule has 0 aliphatic rings. The Labute approximate surface area is 116 Å². The van der Waals surface area contributed by atoms with Crippen molar-refractivity contribution in [1.29, 1.82) is 0 Å². The maximum atomic E-state index is 12.1. The first-order valence-electron chi connectivity index (χ1n) is 6.40. The van der Waals surface area contributed by atoms with Crippen LogP contribution in [0, 0.1) is 0 Å². The van der Waals surface area contributed by atoms with E-state index in [9.17, 15) is 4.79 Å². The molecule has 2 rings (SSSR count). The van der Waals surface area contributed by atoms with Gasteiger partial charge in [0.1, 0.15) is 12.0 Å². The van der Waals surface area contributed by atoms with Crippen molar-refractivity contribution in [2.75, 3.05) is 0 Å². The van der Waals surface area contributed by atoms with Gasteiger partial charge >= 0.3 is 0 Å². The van der Waals surface area contributed by atoms with Crippen LogP contribution in [0.2, 0.25) is 0 Å². The summed E-state index contributed by atoms with van der Waals surface area (Å²) in [5.74, 6) is 0.387. The number of carbonyl (C=O) groups is 1. The Morgan fingerprint density at radius 2 is 2.35 bits per heavy atom. The van der Waals surface area contributed by atoms with Crippen LogP contribution in [0.4, 0.5) is 0 Å². The molecule has 1 atom stereocenters. The number of rotatable bonds is 5. The van der Waals surface area contributed by atoms with E-state index in [-0.39, 0.29) is 24.2 Å². The Balaban J connectivity index is 2.11. The molecule has 0 bridgehead atoms. The Morgan fingerprint density at radius 1 is 1.55 bits per heavy atom. The molecule has 0 unspecified atom stereocenters. The van der Waals surface area contributed by atoms with Gasteiger partial charge in [0.15, 0.2) is 5.82 Å². The predicted octanol–water partition coefficient (Wildman–Crippen LogP) is 0.676. The summed E-state index contributed by atoms with van der Waals surface area (Å²) < 4.78 is 1.86. The van der Waals surface area contributed by atoms with Crippen molar-refractivity contribution in [2.45, 2.75) is 33.0 Å². The summed E-state index contributed by atoms with van der Waals surface area (Å²) in [7, 11) is 0. The number of nitrogens with zero attached hydrogens (tertiary/aromatic N) is 4. The lowest BCUT2D eigenvalue weighted by molar-refractivity contribution is 0.0932. The minimum Gasteiger partial charge on any atom is -0.392 e. The molecule has 7 heteroatoms. The number of aryl methyl sites for hydroxylation is 1. The van der Waals surface area contributed by atoms with Crippen molar-refractivity contribution in [3.63, 3.8) is 0 Å². The molecular formula is C13H17N5O2. The van der Waals surface area contributed by atoms with E-state index in [1.807, 2.05) is 18.4 Å². The third kappa shape index (κ3) is 3.00. The van der Waals surface area contributed by atoms with Crippen molar-refractivity contribution in [2.24, 2.45) is 0 Å². The number of aromatic nitrogens is 4. The lowest BCUT2D eigenvalue weighted by Crippen LogP contribution is -2.29. The van der Waals surface area contributed by atoms with Gasteiger partial charge in [-0.25, -0.2) is 0 Å². The topological polar surface area (TPSA) is 92.9 Å². The molecule has 20 heavy (non-hydrogen) atoms. The van der Waals surface area contributed by atoms with Crippen LogP contribution in [-0.4, -0.2) is 30.8 Å². The molecule has 0 aliphatic carbocycles. The summed E-state index contributed by atoms with van der Waals surface area (Å²) in [6.07, 6.45) is 3.13. The van der Waals surface area contributed by atoms with Gasteiger partial charge < -0.3 is 15.0 Å². The van der Waals surface area contributed by atoms with E-state index in [4.69, 9.17) is 5.11 Å². The fourth-order valence-electron chi connectivity index (χ4n) is 1.87. The summed E-state index contributed by atoms with van der Waals surface area (Å²) in [6, 6.07) is 2.95. The quantitative estimate of drug-likeness (QED) is 0.837. The second-order valence-corrected chi connectivity index (χ2v) is 4.38. The molecular weight excluding hydrogens is 258 g/mol. The molecule has 0 spiro atoms. The van der Waals surface area contributed by atoms with Gasteiger partial charge in [0.2, 0.25) is 0 Å². The highest BCUT2D eigenvalue weighted by Crippen LogP contribution is 2.10. The summed E-state index contributed by atoms with van der Waals surface area (Å²) >= 11 is 0. The van der Waals surface area contributed by atoms with Gasteiger partial charge in [-0.3, -0.25) is 9.78 Å². The van der Waals surface area contributed by atoms with Crippen molar-refractivity contribution in [1.82, 2.24) is 25.1 Å². The first-order valence-corrected chi connectivity index (χ1v) is 6.40. The molecule has 2 N–H and O–H groups in total. The Kier molecular flexibility index (Phi) is 4.41. The van der Waals surface area contributed by atoms with Crippen molar-refractivity contribution in [3.8, 4) is 0 Å². The number of nitrogens with one attached hydrogen (secondary N) is 1. The van der Waals surface area contributed by atoms with E-state index >= 15 is 0 Å². The zero-order valence-corrected chi connectivity index (χ0v) is 11.4. The van der Waals surface area contributed by atoms with Crippen LogP contribution in [0.15, 0.2) is 24.7 Å². The highest BCUT2D eigenvalue weighted by molar-refractivity contribution is 5.92. The highest BCUT2D eigenvalue weighted by atomic mass is 16.3. The minimum absolute atomic E-state index is 0.123. The summed E-state index contributed by atoms with van der Waals surface area (Å²) in [4.78, 5) is 16.1. The third-order valence-corrected chi connectivity index (χ3v) is 2.96. The van der Waals surface area contributed by atoms with Gasteiger partial charge in [-0.1, -0.05) is 0 Å². The van der Waals surface area contributed by atoms with E-state index in [1.165, 1.54) is 6.20 Å². The zero-order valence-electron chi connectivity index (χ0n) is 11.4. The second-order valence-electron chi connectivity index (χ2n) is 4.38.